The Morgan fingerprint density at radius 2 is 0.814 bits per heavy atom. The van der Waals surface area contributed by atoms with Gasteiger partial charge in [-0.25, -0.2) is 0 Å². The SMILES string of the molecule is CC(C)NC1CSCc2cc3cc(c2)CSCC(NC(=O)C(C)NC(=O)C(Cc2cccc4ccccc24)NC(=O)C(CCC(=O)O)NC(=O)C(CC(N)=O)NC(=O)C(C)NC1=O)C(=O)NC(CCC(=O)O)C(=O)NC(CC(=O)O)C(=O)NC(Cc1ccccc1)C(=O)NC(Cc1ccc(O)cc1)C(=O)NC(CC(=O)O)C(=O)NC(C(C)(C)C)C(=O)NC(C(N)=O)CSC3. The van der Waals surface area contributed by atoms with Gasteiger partial charge in [0.2, 0.25) is 88.6 Å². The van der Waals surface area contributed by atoms with Crippen LogP contribution in [0.15, 0.2) is 115 Å². The summed E-state index contributed by atoms with van der Waals surface area (Å²) in [6.45, 7) is 10.5. The molecule has 0 spiro atoms. The van der Waals surface area contributed by atoms with Gasteiger partial charge >= 0.3 is 23.9 Å². The van der Waals surface area contributed by atoms with Crippen molar-refractivity contribution in [2.24, 2.45) is 16.9 Å². The Bertz CT molecular complexity index is 4940. The van der Waals surface area contributed by atoms with Gasteiger partial charge in [-0.15, -0.1) is 0 Å². The number of thioether (sulfide) groups is 3. The number of carboxylic acids is 4. The summed E-state index contributed by atoms with van der Waals surface area (Å²) < 4.78 is 0. The second kappa shape index (κ2) is 49.4. The van der Waals surface area contributed by atoms with Gasteiger partial charge in [0.15, 0.2) is 0 Å². The van der Waals surface area contributed by atoms with Crippen LogP contribution in [0.4, 0.5) is 0 Å². The molecule has 0 aliphatic carbocycles. The molecule has 2 heterocycles. The van der Waals surface area contributed by atoms with Crippen LogP contribution < -0.4 is 85.9 Å². The number of hydrogen-bond donors (Lipinski definition) is 21. The van der Waals surface area contributed by atoms with E-state index in [4.69, 9.17) is 11.5 Å². The van der Waals surface area contributed by atoms with Gasteiger partial charge in [0.25, 0.3) is 0 Å². The Labute approximate surface area is 754 Å². The van der Waals surface area contributed by atoms with Crippen LogP contribution in [0.3, 0.4) is 0 Å². The molecule has 15 amide bonds. The number of carboxylic acid groups (broad SMARTS) is 4. The maximum Gasteiger partial charge on any atom is 0.305 e. The predicted octanol–water partition coefficient (Wildman–Crippen LogP) is -1.21. The Hall–Kier alpha value is -12.9. The van der Waals surface area contributed by atoms with E-state index in [-0.39, 0.29) is 52.5 Å². The fourth-order valence-electron chi connectivity index (χ4n) is 13.7. The lowest BCUT2D eigenvalue weighted by atomic mass is 9.85. The Morgan fingerprint density at radius 3 is 1.31 bits per heavy atom. The highest BCUT2D eigenvalue weighted by atomic mass is 32.2. The highest BCUT2D eigenvalue weighted by Crippen LogP contribution is 2.27. The standard InChI is InChI=1S/C86H110N16O24S3/c1-43(2)89-64-41-128-38-49-28-48-29-50(30-49)39-129-42-65(101-74(115)45(4)90-77(118)59(33-52-18-13-17-51-16-11-12-19-54(51)52)97-75(116)55(24-26-67(105)106)92-80(121)60(34-66(87)104)94-73(114)44(3)91-83(64)124)84(125)93-56(25-27-68(107)108)76(117)98-61(35-69(109)110)81(122)96-57(31-46-14-9-8-10-15-46)78(119)95-58(32-47-20-22-53(103)23-21-47)79(120)99-62(36-70(111)112)82(123)102-71(86(5,6)7)85(126)100-63(72(88)113)40-127-37-48/h8-23,28-30,43-45,55-65,71,89,103H,24-27,31-42H2,1-7H3,(H2,87,104)(H2,88,113)(H,90,118)(H,91,124)(H,92,121)(H,93,125)(H,94,114)(H,95,119)(H,96,122)(H,97,116)(H,98,117)(H,99,120)(H,100,126)(H,101,115)(H,102,123)(H,105,106)(H,107,108)(H,109,110)(H,111,112). The van der Waals surface area contributed by atoms with Gasteiger partial charge in [-0.2, -0.15) is 35.3 Å². The molecule has 43 heteroatoms. The Kier molecular flexibility index (Phi) is 39.5. The minimum absolute atomic E-state index is 0.00604. The number of phenols is 1. The quantitative estimate of drug-likeness (QED) is 0.0410. The summed E-state index contributed by atoms with van der Waals surface area (Å²) in [5.41, 5.74) is 13.0. The van der Waals surface area contributed by atoms with Crippen LogP contribution in [0, 0.1) is 5.41 Å². The van der Waals surface area contributed by atoms with E-state index in [1.807, 2.05) is 0 Å². The number of aliphatic carboxylic acids is 4. The lowest BCUT2D eigenvalue weighted by Gasteiger charge is -2.33. The zero-order chi connectivity index (χ0) is 95.1. The molecule has 4 bridgehead atoms. The Balaban J connectivity index is 1.39. The molecule has 7 rings (SSSR count). The molecule has 5 aromatic rings. The van der Waals surface area contributed by atoms with Crippen LogP contribution in [0.1, 0.15) is 127 Å². The second-order valence-corrected chi connectivity index (χ2v) is 35.6. The molecule has 23 N–H and O–H groups in total. The zero-order valence-corrected chi connectivity index (χ0v) is 74.3. The highest BCUT2D eigenvalue weighted by Gasteiger charge is 2.41. The summed E-state index contributed by atoms with van der Waals surface area (Å²) in [5, 5.41) is 87.4. The fourth-order valence-corrected chi connectivity index (χ4v) is 16.7. The highest BCUT2D eigenvalue weighted by molar-refractivity contribution is 7.99. The minimum atomic E-state index is -2.20. The van der Waals surface area contributed by atoms with E-state index in [2.05, 4.69) is 74.4 Å². The van der Waals surface area contributed by atoms with Gasteiger partial charge in [-0.3, -0.25) is 91.1 Å². The number of rotatable bonds is 21. The number of primary amides is 2. The smallest absolute Gasteiger partial charge is 0.305 e. The van der Waals surface area contributed by atoms with E-state index in [1.54, 1.807) is 92.7 Å². The summed E-state index contributed by atoms with van der Waals surface area (Å²) in [6.07, 6.45) is -7.75. The van der Waals surface area contributed by atoms with Gasteiger partial charge in [-0.1, -0.05) is 138 Å². The number of phenolic OH excluding ortho intramolecular Hbond substituents is 1. The van der Waals surface area contributed by atoms with Crippen LogP contribution in [-0.2, 0) is 128 Å². The van der Waals surface area contributed by atoms with Crippen LogP contribution in [0.5, 0.6) is 5.75 Å². The number of nitrogens with two attached hydrogens (primary N) is 2. The molecule has 2 aliphatic rings. The van der Waals surface area contributed by atoms with Crippen molar-refractivity contribution in [2.45, 2.75) is 221 Å². The molecule has 696 valence electrons. The first-order valence-electron chi connectivity index (χ1n) is 41.2. The molecule has 129 heavy (non-hydrogen) atoms. The number of carbonyl (C=O) groups is 19. The third-order valence-corrected chi connectivity index (χ3v) is 23.6. The van der Waals surface area contributed by atoms with Gasteiger partial charge < -0.3 is 111 Å². The maximum atomic E-state index is 15.3. The molecule has 5 aromatic carbocycles. The molecule has 0 fully saturated rings. The minimum Gasteiger partial charge on any atom is -0.508 e. The van der Waals surface area contributed by atoms with Gasteiger partial charge in [0, 0.05) is 72.7 Å². The average Bonchev–Trinajstić information content (AvgIpc) is 0.844. The summed E-state index contributed by atoms with van der Waals surface area (Å²) in [7, 11) is 0. The van der Waals surface area contributed by atoms with Crippen molar-refractivity contribution >= 4 is 159 Å². The normalized spacial score (nSPS) is 24.1. The molecule has 2 aliphatic heterocycles. The lowest BCUT2D eigenvalue weighted by molar-refractivity contribution is -0.142. The number of carbonyl (C=O) groups excluding carboxylic acids is 15. The Morgan fingerprint density at radius 1 is 0.411 bits per heavy atom. The van der Waals surface area contributed by atoms with E-state index in [0.717, 1.165) is 23.5 Å². The van der Waals surface area contributed by atoms with Crippen molar-refractivity contribution in [1.29, 1.82) is 0 Å². The number of hydrogen-bond acceptors (Lipinski definition) is 24. The molecule has 0 saturated carbocycles. The number of nitrogens with one attached hydrogen (secondary N) is 14. The molecule has 40 nitrogen and oxygen atoms in total. The van der Waals surface area contributed by atoms with Crippen molar-refractivity contribution in [3.05, 3.63) is 149 Å². The molecule has 0 saturated heterocycles. The van der Waals surface area contributed by atoms with Gasteiger partial charge in [0.05, 0.1) is 25.3 Å². The zero-order valence-electron chi connectivity index (χ0n) is 71.8. The largest absolute Gasteiger partial charge is 0.508 e. The average molecular weight is 1850 g/mol. The van der Waals surface area contributed by atoms with Crippen molar-refractivity contribution in [3.8, 4) is 5.75 Å². The predicted molar refractivity (Wildman–Crippen MR) is 474 cm³/mol. The van der Waals surface area contributed by atoms with Gasteiger partial charge in [0.1, 0.15) is 84.3 Å². The summed E-state index contributed by atoms with van der Waals surface area (Å²) in [4.78, 5) is 268. The number of fused-ring (bicyclic) bond motifs is 6. The number of amides is 15. The molecule has 0 radical (unpaired) electrons. The molecular formula is C86H110N16O24S3. The van der Waals surface area contributed by atoms with E-state index >= 15 is 14.4 Å². The molecule has 14 atom stereocenters. The summed E-state index contributed by atoms with van der Waals surface area (Å²) >= 11 is 3.33. The van der Waals surface area contributed by atoms with Crippen LogP contribution in [0.25, 0.3) is 10.8 Å². The third-order valence-electron chi connectivity index (χ3n) is 20.3. The molecule has 0 aromatic heterocycles. The fraction of sp³-hybridized carbons (Fsp3) is 0.453. The molecular weight excluding hydrogens is 1740 g/mol. The molecule has 14 unspecified atom stereocenters. The second-order valence-electron chi connectivity index (χ2n) is 32.5. The third kappa shape index (κ3) is 34.0. The first-order chi connectivity index (χ1) is 60.9. The van der Waals surface area contributed by atoms with E-state index in [9.17, 15) is 102 Å². The van der Waals surface area contributed by atoms with E-state index < -0.39 is 266 Å². The van der Waals surface area contributed by atoms with Crippen molar-refractivity contribution < 1.29 is 117 Å². The van der Waals surface area contributed by atoms with Crippen LogP contribution in [0.2, 0.25) is 0 Å². The summed E-state index contributed by atoms with van der Waals surface area (Å²) in [5.74, 6) is -24.3. The lowest BCUT2D eigenvalue weighted by Crippen LogP contribution is -2.62. The number of benzene rings is 5. The van der Waals surface area contributed by atoms with E-state index in [1.165, 1.54) is 82.8 Å². The first-order valence-corrected chi connectivity index (χ1v) is 44.7. The van der Waals surface area contributed by atoms with Crippen molar-refractivity contribution in [2.75, 3.05) is 17.3 Å². The van der Waals surface area contributed by atoms with Crippen molar-refractivity contribution in [3.63, 3.8) is 0 Å². The topological polar surface area (TPSA) is 646 Å². The summed E-state index contributed by atoms with van der Waals surface area (Å²) in [6, 6.07) is 5.28. The monoisotopic (exact) mass is 1850 g/mol. The van der Waals surface area contributed by atoms with E-state index in [0.29, 0.717) is 38.6 Å². The first kappa shape index (κ1) is 103. The van der Waals surface area contributed by atoms with Gasteiger partial charge in [-0.05, 0) is 88.4 Å². The maximum absolute atomic E-state index is 15.3. The van der Waals surface area contributed by atoms with Crippen LogP contribution >= 0.6 is 35.3 Å². The van der Waals surface area contributed by atoms with Crippen molar-refractivity contribution in [1.82, 2.24) is 74.4 Å². The number of aromatic hydroxyl groups is 1. The van der Waals surface area contributed by atoms with Crippen LogP contribution in [-0.4, -0.2) is 246 Å².